The van der Waals surface area contributed by atoms with E-state index in [1.165, 1.54) is 24.3 Å². The summed E-state index contributed by atoms with van der Waals surface area (Å²) in [6.07, 6.45) is 0.159. The Morgan fingerprint density at radius 1 is 1.07 bits per heavy atom. The molecule has 0 bridgehead atoms. The fraction of sp³-hybridized carbons (Fsp3) is 0.548. The van der Waals surface area contributed by atoms with Crippen molar-refractivity contribution in [3.63, 3.8) is 0 Å². The predicted molar refractivity (Wildman–Crippen MR) is 148 cm³/mol. The molecule has 4 atom stereocenters. The van der Waals surface area contributed by atoms with Crippen molar-refractivity contribution in [3.05, 3.63) is 65.0 Å². The zero-order chi connectivity index (χ0) is 29.0. The molecule has 4 rings (SSSR count). The number of hydrogen-bond donors (Lipinski definition) is 1. The summed E-state index contributed by atoms with van der Waals surface area (Å²) in [5, 5.41) is 10.1. The summed E-state index contributed by atoms with van der Waals surface area (Å²) in [5.74, 6) is -4.41. The molecule has 218 valence electrons. The number of likely N-dealkylation sites (tertiary alicyclic amines) is 2. The molecule has 1 amide bonds. The summed E-state index contributed by atoms with van der Waals surface area (Å²) in [5.41, 5.74) is 0.904. The van der Waals surface area contributed by atoms with Crippen LogP contribution in [0.15, 0.2) is 42.5 Å². The van der Waals surface area contributed by atoms with Crippen molar-refractivity contribution < 1.29 is 27.9 Å². The third kappa shape index (κ3) is 6.52. The highest BCUT2D eigenvalue weighted by atomic mass is 19.3. The van der Waals surface area contributed by atoms with Crippen LogP contribution in [0.1, 0.15) is 53.1 Å². The van der Waals surface area contributed by atoms with Crippen LogP contribution in [0, 0.1) is 24.6 Å². The minimum Gasteiger partial charge on any atom is -0.508 e. The molecule has 0 saturated carbocycles. The average Bonchev–Trinajstić information content (AvgIpc) is 3.46. The molecule has 6 nitrogen and oxygen atoms in total. The topological polar surface area (TPSA) is 64.1 Å². The molecule has 2 aromatic rings. The van der Waals surface area contributed by atoms with Gasteiger partial charge in [0.1, 0.15) is 11.6 Å². The van der Waals surface area contributed by atoms with Gasteiger partial charge in [-0.25, -0.2) is 13.2 Å². The zero-order valence-electron chi connectivity index (χ0n) is 23.5. The molecule has 0 unspecified atom stereocenters. The van der Waals surface area contributed by atoms with E-state index in [1.54, 1.807) is 34.9 Å². The van der Waals surface area contributed by atoms with Crippen LogP contribution in [-0.2, 0) is 4.79 Å². The Morgan fingerprint density at radius 2 is 1.77 bits per heavy atom. The Labute approximate surface area is 234 Å². The molecule has 2 saturated heterocycles. The highest BCUT2D eigenvalue weighted by Crippen LogP contribution is 2.46. The minimum atomic E-state index is -2.83. The van der Waals surface area contributed by atoms with E-state index in [0.29, 0.717) is 31.6 Å². The lowest BCUT2D eigenvalue weighted by molar-refractivity contribution is -0.146. The van der Waals surface area contributed by atoms with E-state index in [0.717, 1.165) is 25.8 Å². The van der Waals surface area contributed by atoms with Crippen molar-refractivity contribution in [2.45, 2.75) is 51.0 Å². The van der Waals surface area contributed by atoms with Gasteiger partial charge in [-0.1, -0.05) is 24.3 Å². The lowest BCUT2D eigenvalue weighted by Gasteiger charge is -2.49. The molecular formula is C31H40F3N3O3. The van der Waals surface area contributed by atoms with Gasteiger partial charge in [0.05, 0.1) is 12.0 Å². The molecule has 0 radical (unpaired) electrons. The van der Waals surface area contributed by atoms with Crippen molar-refractivity contribution in [1.82, 2.24) is 14.7 Å². The number of phenols is 1. The number of hydrogen-bond acceptors (Lipinski definition) is 5. The van der Waals surface area contributed by atoms with Gasteiger partial charge in [-0.3, -0.25) is 14.5 Å². The van der Waals surface area contributed by atoms with Crippen LogP contribution < -0.4 is 0 Å². The number of carbonyl (C=O) groups is 2. The van der Waals surface area contributed by atoms with Gasteiger partial charge in [0, 0.05) is 37.0 Å². The van der Waals surface area contributed by atoms with Gasteiger partial charge in [0.15, 0.2) is 5.78 Å². The van der Waals surface area contributed by atoms with E-state index in [-0.39, 0.29) is 29.2 Å². The number of Topliss-reactive ketones (excluding diaryl/α,β-unsaturated/α-hetero) is 1. The zero-order valence-corrected chi connectivity index (χ0v) is 23.5. The number of rotatable bonds is 10. The SMILES string of the molecule is Cc1c(F)cccc1[C@@H]1[C@@H](C(=O)N2CCCC2)[C@@H](C(F)F)N(CCCCN(C)C)C[C@H]1C(=O)c1cccc(O)c1. The van der Waals surface area contributed by atoms with Gasteiger partial charge in [-0.2, -0.15) is 0 Å². The van der Waals surface area contributed by atoms with Gasteiger partial charge >= 0.3 is 0 Å². The first-order valence-corrected chi connectivity index (χ1v) is 14.1. The smallest absolute Gasteiger partial charge is 0.254 e. The molecule has 0 aromatic heterocycles. The molecule has 2 aromatic carbocycles. The number of nitrogens with zero attached hydrogens (tertiary/aromatic N) is 3. The van der Waals surface area contributed by atoms with Crippen LogP contribution in [0.3, 0.4) is 0 Å². The number of alkyl halides is 2. The summed E-state index contributed by atoms with van der Waals surface area (Å²) in [6, 6.07) is 9.00. The lowest BCUT2D eigenvalue weighted by Crippen LogP contribution is -2.61. The summed E-state index contributed by atoms with van der Waals surface area (Å²) in [7, 11) is 3.90. The number of aromatic hydroxyl groups is 1. The van der Waals surface area contributed by atoms with E-state index in [4.69, 9.17) is 0 Å². The molecule has 40 heavy (non-hydrogen) atoms. The van der Waals surface area contributed by atoms with Crippen molar-refractivity contribution in [1.29, 1.82) is 0 Å². The number of carbonyl (C=O) groups excluding carboxylic acids is 2. The average molecular weight is 560 g/mol. The van der Waals surface area contributed by atoms with Gasteiger partial charge in [-0.15, -0.1) is 0 Å². The van der Waals surface area contributed by atoms with Crippen LogP contribution >= 0.6 is 0 Å². The summed E-state index contributed by atoms with van der Waals surface area (Å²) >= 11 is 0. The Balaban J connectivity index is 1.84. The van der Waals surface area contributed by atoms with Gasteiger partial charge in [0.2, 0.25) is 5.91 Å². The van der Waals surface area contributed by atoms with Crippen LogP contribution in [-0.4, -0.2) is 90.8 Å². The van der Waals surface area contributed by atoms with Crippen LogP contribution in [0.2, 0.25) is 0 Å². The third-order valence-electron chi connectivity index (χ3n) is 8.44. The van der Waals surface area contributed by atoms with Crippen LogP contribution in [0.5, 0.6) is 5.75 Å². The second-order valence-corrected chi connectivity index (χ2v) is 11.4. The van der Waals surface area contributed by atoms with E-state index in [1.807, 2.05) is 19.0 Å². The van der Waals surface area contributed by atoms with Crippen molar-refractivity contribution in [2.75, 3.05) is 46.8 Å². The lowest BCUT2D eigenvalue weighted by atomic mass is 9.66. The van der Waals surface area contributed by atoms with Crippen molar-refractivity contribution in [3.8, 4) is 5.75 Å². The number of unbranched alkanes of at least 4 members (excludes halogenated alkanes) is 1. The van der Waals surface area contributed by atoms with Gasteiger partial charge in [0.25, 0.3) is 6.43 Å². The Kier molecular flexibility index (Phi) is 9.90. The van der Waals surface area contributed by atoms with E-state index in [9.17, 15) is 19.1 Å². The van der Waals surface area contributed by atoms with E-state index < -0.39 is 41.9 Å². The second-order valence-electron chi connectivity index (χ2n) is 11.4. The molecule has 2 heterocycles. The summed E-state index contributed by atoms with van der Waals surface area (Å²) in [6.45, 7) is 3.65. The number of ketones is 1. The quantitative estimate of drug-likeness (QED) is 0.330. The maximum atomic E-state index is 15.1. The standard InChI is InChI=1S/C31H40F3N3O3/c1-20-23(12-9-13-25(20)32)26-24(29(39)21-10-8-11-22(38)18-21)19-37(17-5-4-14-35(2)3)28(30(33)34)27(26)31(40)36-15-6-7-16-36/h8-13,18,24,26-28,30,38H,4-7,14-17,19H2,1-3H3/t24-,26+,27-,28+/m1/s1. The third-order valence-corrected chi connectivity index (χ3v) is 8.44. The number of piperidine rings is 1. The van der Waals surface area contributed by atoms with E-state index in [2.05, 4.69) is 0 Å². The molecule has 9 heteroatoms. The monoisotopic (exact) mass is 559 g/mol. The van der Waals surface area contributed by atoms with Crippen molar-refractivity contribution >= 4 is 11.7 Å². The maximum Gasteiger partial charge on any atom is 0.254 e. The normalized spacial score (nSPS) is 23.8. The minimum absolute atomic E-state index is 0.00978. The molecular weight excluding hydrogens is 519 g/mol. The fourth-order valence-electron chi connectivity index (χ4n) is 6.44. The molecule has 2 fully saturated rings. The Morgan fingerprint density at radius 3 is 2.42 bits per heavy atom. The predicted octanol–water partition coefficient (Wildman–Crippen LogP) is 4.95. The maximum absolute atomic E-state index is 15.1. The first-order chi connectivity index (χ1) is 19.1. The number of halogens is 3. The number of amides is 1. The summed E-state index contributed by atoms with van der Waals surface area (Å²) < 4.78 is 45.0. The first kappa shape index (κ1) is 30.1. The molecule has 0 aliphatic carbocycles. The summed E-state index contributed by atoms with van der Waals surface area (Å²) in [4.78, 5) is 33.5. The highest BCUT2D eigenvalue weighted by molar-refractivity contribution is 5.99. The fourth-order valence-corrected chi connectivity index (χ4v) is 6.44. The largest absolute Gasteiger partial charge is 0.508 e. The highest BCUT2D eigenvalue weighted by Gasteiger charge is 2.54. The van der Waals surface area contributed by atoms with Crippen molar-refractivity contribution in [2.24, 2.45) is 11.8 Å². The van der Waals surface area contributed by atoms with Gasteiger partial charge in [-0.05, 0) is 89.1 Å². The van der Waals surface area contributed by atoms with Crippen LogP contribution in [0.4, 0.5) is 13.2 Å². The van der Waals surface area contributed by atoms with Gasteiger partial charge < -0.3 is 14.9 Å². The molecule has 2 aliphatic rings. The first-order valence-electron chi connectivity index (χ1n) is 14.1. The number of benzene rings is 2. The number of phenolic OH excluding ortho intramolecular Hbond substituents is 1. The molecule has 2 aliphatic heterocycles. The van der Waals surface area contributed by atoms with Crippen LogP contribution in [0.25, 0.3) is 0 Å². The Hall–Kier alpha value is -2.91. The molecule has 0 spiro atoms. The second kappa shape index (κ2) is 13.2. The molecule has 1 N–H and O–H groups in total. The Bertz CT molecular complexity index is 1190. The van der Waals surface area contributed by atoms with E-state index >= 15 is 8.78 Å².